The second-order valence-corrected chi connectivity index (χ2v) is 6.02. The van der Waals surface area contributed by atoms with Crippen LogP contribution in [0.5, 0.6) is 5.75 Å². The highest BCUT2D eigenvalue weighted by Gasteiger charge is 2.08. The fourth-order valence-corrected chi connectivity index (χ4v) is 3.26. The zero-order chi connectivity index (χ0) is 14.4. The molecule has 1 unspecified atom stereocenters. The monoisotopic (exact) mass is 309 g/mol. The minimum Gasteiger partial charge on any atom is -0.496 e. The molecular weight excluding hydrogens is 290 g/mol. The second kappa shape index (κ2) is 7.69. The number of hydrogen-bond donors (Lipinski definition) is 2. The van der Waals surface area contributed by atoms with Gasteiger partial charge in [0.25, 0.3) is 0 Å². The number of aliphatic hydroxyl groups excluding tert-OH is 1. The fourth-order valence-electron chi connectivity index (χ4n) is 1.93. The summed E-state index contributed by atoms with van der Waals surface area (Å²) < 4.78 is 5.30. The van der Waals surface area contributed by atoms with Crippen molar-refractivity contribution in [1.29, 1.82) is 0 Å². The number of nitrogens with one attached hydrogen (secondary N) is 1. The minimum absolute atomic E-state index is 0.445. The van der Waals surface area contributed by atoms with Crippen LogP contribution >= 0.6 is 23.1 Å². The first-order chi connectivity index (χ1) is 9.74. The molecule has 1 atom stereocenters. The Kier molecular flexibility index (Phi) is 5.91. The van der Waals surface area contributed by atoms with Gasteiger partial charge >= 0.3 is 0 Å². The molecule has 2 aromatic rings. The summed E-state index contributed by atoms with van der Waals surface area (Å²) in [6.45, 7) is 1.29. The number of aliphatic hydroxyl groups is 1. The average molecular weight is 309 g/mol. The molecule has 0 aliphatic carbocycles. The van der Waals surface area contributed by atoms with Gasteiger partial charge in [0.1, 0.15) is 5.75 Å². The van der Waals surface area contributed by atoms with Crippen LogP contribution in [-0.4, -0.2) is 25.0 Å². The van der Waals surface area contributed by atoms with Crippen LogP contribution in [0.15, 0.2) is 39.9 Å². The Morgan fingerprint density at radius 2 is 2.25 bits per heavy atom. The third-order valence-electron chi connectivity index (χ3n) is 3.04. The molecule has 2 rings (SSSR count). The van der Waals surface area contributed by atoms with E-state index in [1.165, 1.54) is 5.56 Å². The van der Waals surface area contributed by atoms with Crippen molar-refractivity contribution in [2.45, 2.75) is 17.5 Å². The number of thiophene rings is 1. The number of ether oxygens (including phenoxy) is 1. The molecule has 0 bridgehead atoms. The Bertz CT molecular complexity index is 529. The summed E-state index contributed by atoms with van der Waals surface area (Å²) in [7, 11) is 1.68. The molecule has 0 fully saturated rings. The number of thioether (sulfide) groups is 1. The predicted molar refractivity (Wildman–Crippen MR) is 85.8 cm³/mol. The van der Waals surface area contributed by atoms with E-state index in [1.807, 2.05) is 35.2 Å². The average Bonchev–Trinajstić information content (AvgIpc) is 3.01. The second-order valence-electron chi connectivity index (χ2n) is 4.39. The van der Waals surface area contributed by atoms with E-state index < -0.39 is 6.10 Å². The summed E-state index contributed by atoms with van der Waals surface area (Å²) in [6, 6.07) is 8.10. The van der Waals surface area contributed by atoms with Crippen LogP contribution in [0.4, 0.5) is 0 Å². The van der Waals surface area contributed by atoms with Crippen LogP contribution < -0.4 is 10.1 Å². The van der Waals surface area contributed by atoms with Gasteiger partial charge in [-0.25, -0.2) is 0 Å². The van der Waals surface area contributed by atoms with Gasteiger partial charge in [0.2, 0.25) is 0 Å². The lowest BCUT2D eigenvalue weighted by Gasteiger charge is -2.12. The maximum absolute atomic E-state index is 9.99. The summed E-state index contributed by atoms with van der Waals surface area (Å²) in [4.78, 5) is 1.13. The highest BCUT2D eigenvalue weighted by Crippen LogP contribution is 2.28. The van der Waals surface area contributed by atoms with E-state index in [2.05, 4.69) is 11.4 Å². The van der Waals surface area contributed by atoms with E-state index >= 15 is 0 Å². The first kappa shape index (κ1) is 15.4. The molecule has 108 valence electrons. The third-order valence-corrected chi connectivity index (χ3v) is 4.50. The molecule has 1 heterocycles. The van der Waals surface area contributed by atoms with E-state index in [4.69, 9.17) is 4.74 Å². The molecule has 20 heavy (non-hydrogen) atoms. The maximum Gasteiger partial charge on any atom is 0.132 e. The van der Waals surface area contributed by atoms with Gasteiger partial charge in [-0.3, -0.25) is 0 Å². The molecule has 1 aromatic heterocycles. The molecule has 0 saturated heterocycles. The molecule has 1 aromatic carbocycles. The van der Waals surface area contributed by atoms with Crippen LogP contribution in [0, 0.1) is 0 Å². The van der Waals surface area contributed by atoms with Gasteiger partial charge in [-0.15, -0.1) is 11.8 Å². The van der Waals surface area contributed by atoms with Gasteiger partial charge in [0.05, 0.1) is 13.2 Å². The Labute approximate surface area is 128 Å². The molecule has 2 N–H and O–H groups in total. The highest BCUT2D eigenvalue weighted by molar-refractivity contribution is 7.98. The number of benzene rings is 1. The zero-order valence-corrected chi connectivity index (χ0v) is 13.3. The van der Waals surface area contributed by atoms with Crippen LogP contribution in [0.2, 0.25) is 0 Å². The van der Waals surface area contributed by atoms with Crippen molar-refractivity contribution in [3.63, 3.8) is 0 Å². The number of methoxy groups -OCH3 is 1. The first-order valence-electron chi connectivity index (χ1n) is 6.36. The Balaban J connectivity index is 1.88. The van der Waals surface area contributed by atoms with Gasteiger partial charge in [0.15, 0.2) is 0 Å². The SMILES string of the molecule is COc1ccc(CNCC(O)c2ccsc2)cc1SC. The molecule has 0 radical (unpaired) electrons. The van der Waals surface area contributed by atoms with Gasteiger partial charge in [-0.2, -0.15) is 11.3 Å². The van der Waals surface area contributed by atoms with Crippen molar-refractivity contribution < 1.29 is 9.84 Å². The molecule has 0 aliphatic rings. The molecular formula is C15H19NO2S2. The molecule has 0 aliphatic heterocycles. The number of hydrogen-bond acceptors (Lipinski definition) is 5. The largest absolute Gasteiger partial charge is 0.496 e. The van der Waals surface area contributed by atoms with Gasteiger partial charge < -0.3 is 15.2 Å². The highest BCUT2D eigenvalue weighted by atomic mass is 32.2. The first-order valence-corrected chi connectivity index (χ1v) is 8.53. The van der Waals surface area contributed by atoms with Crippen molar-refractivity contribution in [1.82, 2.24) is 5.32 Å². The molecule has 5 heteroatoms. The van der Waals surface area contributed by atoms with Crippen molar-refractivity contribution in [3.8, 4) is 5.75 Å². The van der Waals surface area contributed by atoms with Crippen LogP contribution in [0.3, 0.4) is 0 Å². The lowest BCUT2D eigenvalue weighted by atomic mass is 10.2. The van der Waals surface area contributed by atoms with E-state index in [-0.39, 0.29) is 0 Å². The smallest absolute Gasteiger partial charge is 0.132 e. The van der Waals surface area contributed by atoms with Crippen molar-refractivity contribution in [3.05, 3.63) is 46.2 Å². The fraction of sp³-hybridized carbons (Fsp3) is 0.333. The van der Waals surface area contributed by atoms with Crippen LogP contribution in [-0.2, 0) is 6.54 Å². The topological polar surface area (TPSA) is 41.5 Å². The van der Waals surface area contributed by atoms with Gasteiger partial charge in [-0.1, -0.05) is 6.07 Å². The lowest BCUT2D eigenvalue weighted by Crippen LogP contribution is -2.20. The maximum atomic E-state index is 9.99. The Morgan fingerprint density at radius 1 is 1.40 bits per heavy atom. The third kappa shape index (κ3) is 3.99. The van der Waals surface area contributed by atoms with E-state index in [9.17, 15) is 5.11 Å². The molecule has 0 spiro atoms. The van der Waals surface area contributed by atoms with Gasteiger partial charge in [-0.05, 0) is 46.3 Å². The van der Waals surface area contributed by atoms with Crippen molar-refractivity contribution in [2.75, 3.05) is 19.9 Å². The van der Waals surface area contributed by atoms with E-state index in [1.54, 1.807) is 30.2 Å². The lowest BCUT2D eigenvalue weighted by molar-refractivity contribution is 0.175. The molecule has 0 amide bonds. The normalized spacial score (nSPS) is 12.3. The summed E-state index contributed by atoms with van der Waals surface area (Å²) in [5, 5.41) is 17.2. The Hall–Kier alpha value is -1.01. The summed E-state index contributed by atoms with van der Waals surface area (Å²) >= 11 is 3.27. The van der Waals surface area contributed by atoms with E-state index in [0.717, 1.165) is 22.8 Å². The summed E-state index contributed by atoms with van der Waals surface area (Å²) in [5.74, 6) is 0.902. The molecule has 0 saturated carbocycles. The Morgan fingerprint density at radius 3 is 2.90 bits per heavy atom. The zero-order valence-electron chi connectivity index (χ0n) is 11.6. The summed E-state index contributed by atoms with van der Waals surface area (Å²) in [6.07, 6.45) is 1.59. The van der Waals surface area contributed by atoms with Crippen molar-refractivity contribution >= 4 is 23.1 Å². The minimum atomic E-state index is -0.445. The predicted octanol–water partition coefficient (Wildman–Crippen LogP) is 3.30. The van der Waals surface area contributed by atoms with Crippen LogP contribution in [0.25, 0.3) is 0 Å². The van der Waals surface area contributed by atoms with E-state index in [0.29, 0.717) is 6.54 Å². The number of rotatable bonds is 7. The van der Waals surface area contributed by atoms with Crippen LogP contribution in [0.1, 0.15) is 17.2 Å². The van der Waals surface area contributed by atoms with Crippen molar-refractivity contribution in [2.24, 2.45) is 0 Å². The quantitative estimate of drug-likeness (QED) is 0.770. The molecule has 3 nitrogen and oxygen atoms in total. The standard InChI is InChI=1S/C15H19NO2S2/c1-18-14-4-3-11(7-15(14)19-2)8-16-9-13(17)12-5-6-20-10-12/h3-7,10,13,16-17H,8-9H2,1-2H3. The van der Waals surface area contributed by atoms with Gasteiger partial charge in [0, 0.05) is 18.0 Å². The summed E-state index contributed by atoms with van der Waals surface area (Å²) in [5.41, 5.74) is 2.16.